The average Bonchev–Trinajstić information content (AvgIpc) is 2.62. The van der Waals surface area contributed by atoms with E-state index >= 15 is 0 Å². The van der Waals surface area contributed by atoms with Gasteiger partial charge >= 0.3 is 0 Å². The molecule has 2 aliphatic heterocycles. The third-order valence-corrected chi connectivity index (χ3v) is 4.93. The van der Waals surface area contributed by atoms with Gasteiger partial charge in [-0.2, -0.15) is 0 Å². The molecule has 4 rings (SSSR count). The first-order chi connectivity index (χ1) is 13.8. The van der Waals surface area contributed by atoms with E-state index in [1.807, 2.05) is 0 Å². The molecule has 29 heavy (non-hydrogen) atoms. The number of carbonyl (C=O) groups is 2. The van der Waals surface area contributed by atoms with Gasteiger partial charge in [-0.15, -0.1) is 0 Å². The van der Waals surface area contributed by atoms with E-state index in [1.165, 1.54) is 17.0 Å². The van der Waals surface area contributed by atoms with Crippen molar-refractivity contribution in [1.82, 2.24) is 4.90 Å². The Morgan fingerprint density at radius 2 is 2.03 bits per heavy atom. The number of hydrogen-bond donors (Lipinski definition) is 1. The molecule has 6 nitrogen and oxygen atoms in total. The predicted molar refractivity (Wildman–Crippen MR) is 96.8 cm³/mol. The van der Waals surface area contributed by atoms with Crippen LogP contribution in [0.4, 0.5) is 18.9 Å². The fourth-order valence-corrected chi connectivity index (χ4v) is 3.36. The van der Waals surface area contributed by atoms with Crippen molar-refractivity contribution in [2.24, 2.45) is 5.92 Å². The fraction of sp³-hybridized carbons (Fsp3) is 0.263. The van der Waals surface area contributed by atoms with Gasteiger partial charge in [0.05, 0.1) is 11.6 Å². The maximum absolute atomic E-state index is 14.7. The van der Waals surface area contributed by atoms with Crippen LogP contribution in [0.1, 0.15) is 10.4 Å². The zero-order chi connectivity index (χ0) is 20.7. The summed E-state index contributed by atoms with van der Waals surface area (Å²) in [5, 5.41) is 2.37. The van der Waals surface area contributed by atoms with E-state index in [-0.39, 0.29) is 48.7 Å². The molecule has 2 aromatic carbocycles. The van der Waals surface area contributed by atoms with E-state index < -0.39 is 34.8 Å². The van der Waals surface area contributed by atoms with Crippen LogP contribution in [0.3, 0.4) is 0 Å². The van der Waals surface area contributed by atoms with Gasteiger partial charge in [-0.1, -0.05) is 11.6 Å². The predicted octanol–water partition coefficient (Wildman–Crippen LogP) is 3.24. The summed E-state index contributed by atoms with van der Waals surface area (Å²) in [6.07, 6.45) is 0. The van der Waals surface area contributed by atoms with Crippen molar-refractivity contribution in [3.63, 3.8) is 0 Å². The second kappa shape index (κ2) is 7.47. The molecule has 0 atom stereocenters. The summed E-state index contributed by atoms with van der Waals surface area (Å²) in [5.41, 5.74) is -1.10. The van der Waals surface area contributed by atoms with Crippen molar-refractivity contribution in [3.8, 4) is 11.5 Å². The molecule has 152 valence electrons. The zero-order valence-electron chi connectivity index (χ0n) is 14.8. The van der Waals surface area contributed by atoms with Gasteiger partial charge in [-0.3, -0.25) is 9.59 Å². The molecule has 0 bridgehead atoms. The molecule has 1 saturated heterocycles. The number of amides is 2. The molecule has 0 aliphatic carbocycles. The Morgan fingerprint density at radius 3 is 2.76 bits per heavy atom. The largest absolute Gasteiger partial charge is 0.492 e. The number of ether oxygens (including phenoxy) is 2. The summed E-state index contributed by atoms with van der Waals surface area (Å²) in [5.74, 6) is -4.09. The minimum atomic E-state index is -1.17. The Morgan fingerprint density at radius 1 is 1.28 bits per heavy atom. The van der Waals surface area contributed by atoms with Crippen molar-refractivity contribution in [3.05, 3.63) is 52.3 Å². The summed E-state index contributed by atoms with van der Waals surface area (Å²) in [6, 6.07) is 4.61. The zero-order valence-corrected chi connectivity index (χ0v) is 15.6. The molecule has 0 aromatic heterocycles. The molecule has 0 spiro atoms. The second-order valence-corrected chi connectivity index (χ2v) is 7.13. The van der Waals surface area contributed by atoms with Crippen LogP contribution in [0, 0.1) is 23.4 Å². The van der Waals surface area contributed by atoms with Gasteiger partial charge in [0, 0.05) is 25.1 Å². The molecule has 2 aliphatic rings. The lowest BCUT2D eigenvalue weighted by Gasteiger charge is -2.39. The number of anilines is 1. The van der Waals surface area contributed by atoms with Crippen molar-refractivity contribution < 1.29 is 32.2 Å². The maximum atomic E-state index is 14.7. The number of nitrogens with zero attached hydrogens (tertiary/aromatic N) is 1. The topological polar surface area (TPSA) is 67.9 Å². The van der Waals surface area contributed by atoms with Gasteiger partial charge in [0.2, 0.25) is 0 Å². The Hall–Kier alpha value is -2.94. The molecular weight excluding hydrogens is 413 g/mol. The highest BCUT2D eigenvalue weighted by Crippen LogP contribution is 2.35. The van der Waals surface area contributed by atoms with Crippen molar-refractivity contribution in [2.45, 2.75) is 0 Å². The van der Waals surface area contributed by atoms with Crippen LogP contribution in [0.2, 0.25) is 5.02 Å². The van der Waals surface area contributed by atoms with E-state index in [0.717, 1.165) is 12.1 Å². The van der Waals surface area contributed by atoms with Crippen molar-refractivity contribution in [2.75, 3.05) is 31.6 Å². The van der Waals surface area contributed by atoms with Gasteiger partial charge in [0.15, 0.2) is 12.4 Å². The minimum Gasteiger partial charge on any atom is -0.492 e. The highest BCUT2D eigenvalue weighted by Gasteiger charge is 2.36. The number of benzene rings is 2. The molecule has 0 radical (unpaired) electrons. The molecule has 0 unspecified atom stereocenters. The first kappa shape index (κ1) is 19.4. The van der Waals surface area contributed by atoms with Gasteiger partial charge in [-0.25, -0.2) is 13.2 Å². The van der Waals surface area contributed by atoms with Crippen LogP contribution in [0.15, 0.2) is 24.3 Å². The van der Waals surface area contributed by atoms with E-state index in [2.05, 4.69) is 5.32 Å². The smallest absolute Gasteiger partial charge is 0.262 e. The van der Waals surface area contributed by atoms with Gasteiger partial charge in [0.25, 0.3) is 11.8 Å². The number of carbonyl (C=O) groups excluding carboxylic acids is 2. The summed E-state index contributed by atoms with van der Waals surface area (Å²) in [6.45, 7) is 0.284. The average molecular weight is 427 g/mol. The Bertz CT molecular complexity index is 1010. The summed E-state index contributed by atoms with van der Waals surface area (Å²) in [7, 11) is 0. The van der Waals surface area contributed by atoms with Gasteiger partial charge in [-0.05, 0) is 18.2 Å². The number of nitrogens with one attached hydrogen (secondary N) is 1. The summed E-state index contributed by atoms with van der Waals surface area (Å²) < 4.78 is 52.5. The lowest BCUT2D eigenvalue weighted by Crippen LogP contribution is -2.52. The second-order valence-electron chi connectivity index (χ2n) is 6.72. The SMILES string of the molecule is O=C1COc2cc(F)c(C(=O)N3CC(COc4ccc(F)cc4Cl)C3)c(F)c2N1. The Balaban J connectivity index is 1.41. The van der Waals surface area contributed by atoms with Crippen LogP contribution in [-0.2, 0) is 4.79 Å². The standard InChI is InChI=1S/C19H14ClF3N2O4/c20-11-3-10(21)1-2-13(11)28-7-9-5-25(6-9)19(27)16-12(22)4-14-18(17(16)23)24-15(26)8-29-14/h1-4,9H,5-8H2,(H,24,26). The van der Waals surface area contributed by atoms with Crippen molar-refractivity contribution >= 4 is 29.1 Å². The van der Waals surface area contributed by atoms with E-state index in [1.54, 1.807) is 0 Å². The number of likely N-dealkylation sites (tertiary alicyclic amines) is 1. The third-order valence-electron chi connectivity index (χ3n) is 4.63. The van der Waals surface area contributed by atoms with Crippen LogP contribution in [-0.4, -0.2) is 43.0 Å². The quantitative estimate of drug-likeness (QED) is 0.815. The Kier molecular flexibility index (Phi) is 4.99. The lowest BCUT2D eigenvalue weighted by molar-refractivity contribution is -0.118. The highest BCUT2D eigenvalue weighted by atomic mass is 35.5. The maximum Gasteiger partial charge on any atom is 0.262 e. The molecule has 1 N–H and O–H groups in total. The normalized spacial score (nSPS) is 15.9. The van der Waals surface area contributed by atoms with E-state index in [4.69, 9.17) is 21.1 Å². The Labute approximate surface area is 168 Å². The molecule has 0 saturated carbocycles. The van der Waals surface area contributed by atoms with E-state index in [9.17, 15) is 22.8 Å². The first-order valence-electron chi connectivity index (χ1n) is 8.65. The third kappa shape index (κ3) is 3.69. The van der Waals surface area contributed by atoms with Crippen LogP contribution in [0.5, 0.6) is 11.5 Å². The van der Waals surface area contributed by atoms with Gasteiger partial charge < -0.3 is 19.7 Å². The number of fused-ring (bicyclic) bond motifs is 1. The summed E-state index contributed by atoms with van der Waals surface area (Å²) >= 11 is 5.88. The van der Waals surface area contributed by atoms with Crippen molar-refractivity contribution in [1.29, 1.82) is 0 Å². The molecule has 2 amide bonds. The molecule has 2 aromatic rings. The molecular formula is C19H14ClF3N2O4. The molecule has 2 heterocycles. The number of halogens is 4. The van der Waals surface area contributed by atoms with Gasteiger partial charge in [0.1, 0.15) is 34.4 Å². The monoisotopic (exact) mass is 426 g/mol. The lowest BCUT2D eigenvalue weighted by atomic mass is 9.99. The molecule has 1 fully saturated rings. The molecule has 10 heteroatoms. The minimum absolute atomic E-state index is 0.0770. The van der Waals surface area contributed by atoms with Crippen LogP contribution >= 0.6 is 11.6 Å². The van der Waals surface area contributed by atoms with E-state index in [0.29, 0.717) is 5.75 Å². The number of rotatable bonds is 4. The number of hydrogen-bond acceptors (Lipinski definition) is 4. The van der Waals surface area contributed by atoms with Crippen LogP contribution < -0.4 is 14.8 Å². The first-order valence-corrected chi connectivity index (χ1v) is 9.03. The van der Waals surface area contributed by atoms with Crippen LogP contribution in [0.25, 0.3) is 0 Å². The fourth-order valence-electron chi connectivity index (χ4n) is 3.14. The highest BCUT2D eigenvalue weighted by molar-refractivity contribution is 6.32. The summed E-state index contributed by atoms with van der Waals surface area (Å²) in [4.78, 5) is 25.2.